The maximum atomic E-state index is 12.3. The zero-order valence-corrected chi connectivity index (χ0v) is 16.9. The normalized spacial score (nSPS) is 10.7. The minimum Gasteiger partial charge on any atom is -0.423 e. The number of aryl methyl sites for hydroxylation is 1. The molecule has 0 saturated carbocycles. The van der Waals surface area contributed by atoms with Crippen LogP contribution in [0.1, 0.15) is 31.8 Å². The van der Waals surface area contributed by atoms with Crippen molar-refractivity contribution in [3.63, 3.8) is 0 Å². The van der Waals surface area contributed by atoms with Gasteiger partial charge in [0, 0.05) is 10.6 Å². The van der Waals surface area contributed by atoms with Gasteiger partial charge in [-0.15, -0.1) is 0 Å². The molecule has 0 radical (unpaired) electrons. The lowest BCUT2D eigenvalue weighted by molar-refractivity contribution is 0.0734. The van der Waals surface area contributed by atoms with Gasteiger partial charge in [0.15, 0.2) is 0 Å². The highest BCUT2D eigenvalue weighted by Gasteiger charge is 2.13. The van der Waals surface area contributed by atoms with Crippen LogP contribution < -0.4 is 10.2 Å². The average Bonchev–Trinajstić information content (AvgIpc) is 2.68. The number of amides is 1. The highest BCUT2D eigenvalue weighted by atomic mass is 35.5. The summed E-state index contributed by atoms with van der Waals surface area (Å²) in [4.78, 5) is 24.5. The van der Waals surface area contributed by atoms with E-state index in [0.717, 1.165) is 5.56 Å². The van der Waals surface area contributed by atoms with E-state index in [1.807, 2.05) is 19.1 Å². The van der Waals surface area contributed by atoms with E-state index >= 15 is 0 Å². The van der Waals surface area contributed by atoms with Gasteiger partial charge in [-0.05, 0) is 54.4 Å². The van der Waals surface area contributed by atoms with Gasteiger partial charge in [0.25, 0.3) is 5.91 Å². The van der Waals surface area contributed by atoms with Crippen molar-refractivity contribution in [1.29, 1.82) is 0 Å². The fourth-order valence-electron chi connectivity index (χ4n) is 2.53. The summed E-state index contributed by atoms with van der Waals surface area (Å²) >= 11 is 11.9. The summed E-state index contributed by atoms with van der Waals surface area (Å²) < 4.78 is 5.36. The number of esters is 1. The van der Waals surface area contributed by atoms with Crippen molar-refractivity contribution >= 4 is 41.3 Å². The highest BCUT2D eigenvalue weighted by molar-refractivity contribution is 6.36. The van der Waals surface area contributed by atoms with Gasteiger partial charge in [-0.2, -0.15) is 5.10 Å². The predicted molar refractivity (Wildman–Crippen MR) is 114 cm³/mol. The van der Waals surface area contributed by atoms with Crippen LogP contribution in [0.4, 0.5) is 0 Å². The van der Waals surface area contributed by atoms with Gasteiger partial charge in [-0.1, -0.05) is 53.5 Å². The van der Waals surface area contributed by atoms with Crippen molar-refractivity contribution in [2.24, 2.45) is 5.10 Å². The van der Waals surface area contributed by atoms with E-state index in [1.165, 1.54) is 18.3 Å². The molecule has 0 saturated heterocycles. The number of halogens is 2. The minimum absolute atomic E-state index is 0.208. The van der Waals surface area contributed by atoms with Crippen molar-refractivity contribution in [2.75, 3.05) is 0 Å². The fourth-order valence-corrected chi connectivity index (χ4v) is 3.01. The molecule has 29 heavy (non-hydrogen) atoms. The number of ether oxygens (including phenoxy) is 1. The number of rotatable bonds is 5. The van der Waals surface area contributed by atoms with Crippen LogP contribution in [-0.2, 0) is 0 Å². The largest absolute Gasteiger partial charge is 0.423 e. The summed E-state index contributed by atoms with van der Waals surface area (Å²) in [6.07, 6.45) is 1.46. The molecule has 5 nitrogen and oxygen atoms in total. The van der Waals surface area contributed by atoms with E-state index in [4.69, 9.17) is 27.9 Å². The van der Waals surface area contributed by atoms with Gasteiger partial charge < -0.3 is 4.74 Å². The topological polar surface area (TPSA) is 67.8 Å². The first-order valence-electron chi connectivity index (χ1n) is 8.60. The molecule has 3 aromatic rings. The molecule has 1 amide bonds. The number of hydrogen-bond acceptors (Lipinski definition) is 4. The molecule has 0 aliphatic carbocycles. The number of nitrogens with zero attached hydrogens (tertiary/aromatic N) is 1. The van der Waals surface area contributed by atoms with E-state index in [9.17, 15) is 9.59 Å². The summed E-state index contributed by atoms with van der Waals surface area (Å²) in [5, 5.41) is 4.60. The molecule has 0 aromatic heterocycles. The Hall–Kier alpha value is -3.15. The first kappa shape index (κ1) is 20.6. The number of hydrogen-bond donors (Lipinski definition) is 1. The Kier molecular flexibility index (Phi) is 6.65. The Balaban J connectivity index is 1.66. The molecule has 0 aliphatic rings. The van der Waals surface area contributed by atoms with Crippen molar-refractivity contribution in [2.45, 2.75) is 6.92 Å². The first-order valence-corrected chi connectivity index (χ1v) is 9.36. The lowest BCUT2D eigenvalue weighted by atomic mass is 10.1. The van der Waals surface area contributed by atoms with Crippen LogP contribution in [0.2, 0.25) is 10.0 Å². The molecule has 1 N–H and O–H groups in total. The van der Waals surface area contributed by atoms with Crippen LogP contribution in [0.15, 0.2) is 71.8 Å². The van der Waals surface area contributed by atoms with Gasteiger partial charge in [0.05, 0.1) is 16.8 Å². The third kappa shape index (κ3) is 5.44. The van der Waals surface area contributed by atoms with Gasteiger partial charge >= 0.3 is 5.97 Å². The Morgan fingerprint density at radius 1 is 0.966 bits per heavy atom. The third-order valence-electron chi connectivity index (χ3n) is 3.99. The van der Waals surface area contributed by atoms with Crippen molar-refractivity contribution in [3.05, 3.63) is 99.0 Å². The zero-order valence-electron chi connectivity index (χ0n) is 15.4. The highest BCUT2D eigenvalue weighted by Crippen LogP contribution is 2.23. The lowest BCUT2D eigenvalue weighted by Crippen LogP contribution is -2.18. The van der Waals surface area contributed by atoms with E-state index in [0.29, 0.717) is 21.9 Å². The number of benzene rings is 3. The van der Waals surface area contributed by atoms with Crippen molar-refractivity contribution in [1.82, 2.24) is 5.43 Å². The van der Waals surface area contributed by atoms with E-state index in [1.54, 1.807) is 42.5 Å². The molecule has 0 fully saturated rings. The van der Waals surface area contributed by atoms with Gasteiger partial charge in [-0.3, -0.25) is 4.79 Å². The van der Waals surface area contributed by atoms with Crippen LogP contribution in [-0.4, -0.2) is 18.1 Å². The number of carbonyl (C=O) groups excluding carboxylic acids is 2. The van der Waals surface area contributed by atoms with Crippen LogP contribution >= 0.6 is 23.2 Å². The predicted octanol–water partition coefficient (Wildman–Crippen LogP) is 5.28. The maximum Gasteiger partial charge on any atom is 0.345 e. The quantitative estimate of drug-likeness (QED) is 0.261. The molecule has 3 rings (SSSR count). The maximum absolute atomic E-state index is 12.3. The molecule has 0 unspecified atom stereocenters. The molecule has 0 spiro atoms. The standard InChI is InChI=1S/C22H16Cl2N2O3/c1-14-5-2-3-8-18(14)21(27)26-25-13-15-6-4-7-17(11-15)29-22(28)19-10-9-16(23)12-20(19)24/h2-13H,1H3,(H,26,27)/b25-13-. The Bertz CT molecular complexity index is 1100. The summed E-state index contributed by atoms with van der Waals surface area (Å²) in [6, 6.07) is 18.5. The summed E-state index contributed by atoms with van der Waals surface area (Å²) in [6.45, 7) is 1.85. The molecular weight excluding hydrogens is 411 g/mol. The molecule has 0 atom stereocenters. The van der Waals surface area contributed by atoms with Crippen molar-refractivity contribution < 1.29 is 14.3 Å². The Labute approximate surface area is 177 Å². The molecule has 3 aromatic carbocycles. The molecule has 7 heteroatoms. The van der Waals surface area contributed by atoms with Crippen LogP contribution in [0, 0.1) is 6.92 Å². The van der Waals surface area contributed by atoms with Crippen molar-refractivity contribution in [3.8, 4) is 5.75 Å². The van der Waals surface area contributed by atoms with Gasteiger partial charge in [-0.25, -0.2) is 10.2 Å². The third-order valence-corrected chi connectivity index (χ3v) is 4.54. The minimum atomic E-state index is -0.603. The van der Waals surface area contributed by atoms with E-state index in [-0.39, 0.29) is 16.5 Å². The zero-order chi connectivity index (χ0) is 20.8. The van der Waals surface area contributed by atoms with Crippen LogP contribution in [0.3, 0.4) is 0 Å². The van der Waals surface area contributed by atoms with Gasteiger partial charge in [0.1, 0.15) is 5.75 Å². The number of hydrazone groups is 1. The average molecular weight is 427 g/mol. The second-order valence-electron chi connectivity index (χ2n) is 6.10. The van der Waals surface area contributed by atoms with Crippen LogP contribution in [0.25, 0.3) is 0 Å². The molecule has 0 heterocycles. The van der Waals surface area contributed by atoms with E-state index in [2.05, 4.69) is 10.5 Å². The first-order chi connectivity index (χ1) is 13.9. The van der Waals surface area contributed by atoms with E-state index < -0.39 is 5.97 Å². The Morgan fingerprint density at radius 2 is 1.76 bits per heavy atom. The molecular formula is C22H16Cl2N2O3. The SMILES string of the molecule is Cc1ccccc1C(=O)N/N=C\c1cccc(OC(=O)c2ccc(Cl)cc2Cl)c1. The fraction of sp³-hybridized carbons (Fsp3) is 0.0455. The summed E-state index contributed by atoms with van der Waals surface area (Å²) in [7, 11) is 0. The smallest absolute Gasteiger partial charge is 0.345 e. The molecule has 0 aliphatic heterocycles. The summed E-state index contributed by atoms with van der Waals surface area (Å²) in [5.74, 6) is -0.594. The molecule has 146 valence electrons. The van der Waals surface area contributed by atoms with Crippen LogP contribution in [0.5, 0.6) is 5.75 Å². The molecule has 0 bridgehead atoms. The number of carbonyl (C=O) groups is 2. The second-order valence-corrected chi connectivity index (χ2v) is 6.94. The number of nitrogens with one attached hydrogen (secondary N) is 1. The summed E-state index contributed by atoms with van der Waals surface area (Å²) in [5.41, 5.74) is 4.73. The monoisotopic (exact) mass is 426 g/mol. The lowest BCUT2D eigenvalue weighted by Gasteiger charge is -2.07. The van der Waals surface area contributed by atoms with Gasteiger partial charge in [0.2, 0.25) is 0 Å². The Morgan fingerprint density at radius 3 is 2.52 bits per heavy atom. The second kappa shape index (κ2) is 9.37.